The summed E-state index contributed by atoms with van der Waals surface area (Å²) in [4.78, 5) is 14.7. The quantitative estimate of drug-likeness (QED) is 0.870. The zero-order valence-corrected chi connectivity index (χ0v) is 14.9. The molecule has 0 aromatic heterocycles. The fraction of sp³-hybridized carbons (Fsp3) is 0.667. The van der Waals surface area contributed by atoms with E-state index in [0.717, 1.165) is 37.7 Å². The van der Waals surface area contributed by atoms with Crippen LogP contribution >= 0.6 is 0 Å². The third kappa shape index (κ3) is 2.36. The molecule has 1 aliphatic heterocycles. The Morgan fingerprint density at radius 1 is 1.12 bits per heavy atom. The second-order valence-electron chi connectivity index (χ2n) is 9.24. The smallest absolute Gasteiger partial charge is 0.223 e. The van der Waals surface area contributed by atoms with Gasteiger partial charge in [0.05, 0.1) is 11.7 Å². The molecule has 4 nitrogen and oxygen atoms in total. The van der Waals surface area contributed by atoms with Crippen LogP contribution in [0.15, 0.2) is 24.3 Å². The number of carbonyl (C=O) groups is 1. The number of hydrogen-bond acceptors (Lipinski definition) is 3. The molecule has 4 bridgehead atoms. The number of carbonyl (C=O) groups excluding carboxylic acids is 1. The molecule has 1 aromatic rings. The number of likely N-dealkylation sites (tertiary alicyclic amines) is 1. The summed E-state index contributed by atoms with van der Waals surface area (Å²) in [5.41, 5.74) is 0.163. The van der Waals surface area contributed by atoms with Gasteiger partial charge in [0.25, 0.3) is 0 Å². The van der Waals surface area contributed by atoms with Gasteiger partial charge in [0.15, 0.2) is 0 Å². The second-order valence-corrected chi connectivity index (χ2v) is 9.24. The van der Waals surface area contributed by atoms with Crippen LogP contribution in [0.3, 0.4) is 0 Å². The predicted octanol–water partition coefficient (Wildman–Crippen LogP) is 2.23. The molecule has 0 spiro atoms. The van der Waals surface area contributed by atoms with E-state index < -0.39 is 11.7 Å². The van der Waals surface area contributed by atoms with Crippen LogP contribution in [0, 0.1) is 23.6 Å². The van der Waals surface area contributed by atoms with Gasteiger partial charge >= 0.3 is 0 Å². The van der Waals surface area contributed by atoms with Gasteiger partial charge in [0.2, 0.25) is 5.91 Å². The zero-order chi connectivity index (χ0) is 18.1. The number of β-amino-alcohol motifs (C(OH)–C–C–N with tert-alkyl or cyclic N) is 1. The molecule has 0 radical (unpaired) electrons. The molecule has 4 saturated carbocycles. The summed E-state index contributed by atoms with van der Waals surface area (Å²) in [7, 11) is 0. The molecule has 2 unspecified atom stereocenters. The summed E-state index contributed by atoms with van der Waals surface area (Å²) in [6, 6.07) is 6.68. The van der Waals surface area contributed by atoms with E-state index >= 15 is 0 Å². The summed E-state index contributed by atoms with van der Waals surface area (Å²) in [5, 5.41) is 20.5. The van der Waals surface area contributed by atoms with Crippen LogP contribution in [-0.4, -0.2) is 45.8 Å². The SMILES string of the molecule is O=C(CC1(c2ccc(F)cc2)C2CC3CC1CC(O)(C3)C2)N1CC(O)C1. The molecule has 26 heavy (non-hydrogen) atoms. The van der Waals surface area contributed by atoms with E-state index in [1.807, 2.05) is 12.1 Å². The number of aliphatic hydroxyl groups is 2. The first-order valence-electron chi connectivity index (χ1n) is 9.82. The van der Waals surface area contributed by atoms with E-state index in [1.165, 1.54) is 12.1 Å². The van der Waals surface area contributed by atoms with Crippen LogP contribution in [0.25, 0.3) is 0 Å². The Labute approximate surface area is 153 Å². The summed E-state index contributed by atoms with van der Waals surface area (Å²) in [5.74, 6) is 0.897. The first-order valence-corrected chi connectivity index (χ1v) is 9.82. The Bertz CT molecular complexity index is 711. The van der Waals surface area contributed by atoms with E-state index in [-0.39, 0.29) is 29.0 Å². The highest BCUT2D eigenvalue weighted by molar-refractivity contribution is 5.79. The highest BCUT2D eigenvalue weighted by Crippen LogP contribution is 2.65. The topological polar surface area (TPSA) is 60.8 Å². The Morgan fingerprint density at radius 2 is 1.73 bits per heavy atom. The number of hydrogen-bond donors (Lipinski definition) is 2. The highest BCUT2D eigenvalue weighted by atomic mass is 19.1. The lowest BCUT2D eigenvalue weighted by Crippen LogP contribution is -2.64. The number of rotatable bonds is 3. The molecule has 5 aliphatic rings. The molecule has 2 atom stereocenters. The van der Waals surface area contributed by atoms with Crippen molar-refractivity contribution in [1.29, 1.82) is 0 Å². The van der Waals surface area contributed by atoms with Gasteiger partial charge < -0.3 is 15.1 Å². The highest BCUT2D eigenvalue weighted by Gasteiger charge is 2.62. The van der Waals surface area contributed by atoms with E-state index in [1.54, 1.807) is 4.90 Å². The Kier molecular flexibility index (Phi) is 3.55. The number of aliphatic hydroxyl groups excluding tert-OH is 1. The molecule has 1 heterocycles. The zero-order valence-electron chi connectivity index (χ0n) is 14.9. The van der Waals surface area contributed by atoms with Crippen LogP contribution in [0.4, 0.5) is 4.39 Å². The standard InChI is InChI=1S/C21H26FNO3/c22-17-3-1-14(2-4-17)21(10-19(25)23-11-18(24)12-23)15-5-13-6-16(21)9-20(26,7-13)8-15/h1-4,13,15-16,18,24,26H,5-12H2. The van der Waals surface area contributed by atoms with Crippen LogP contribution in [0.2, 0.25) is 0 Å². The van der Waals surface area contributed by atoms with Gasteiger partial charge in [-0.2, -0.15) is 0 Å². The van der Waals surface area contributed by atoms with Crippen molar-refractivity contribution in [2.24, 2.45) is 17.8 Å². The molecule has 1 aromatic carbocycles. The van der Waals surface area contributed by atoms with Crippen LogP contribution in [0.5, 0.6) is 0 Å². The molecule has 1 saturated heterocycles. The minimum Gasteiger partial charge on any atom is -0.390 e. The van der Waals surface area contributed by atoms with E-state index in [0.29, 0.717) is 25.4 Å². The molecule has 5 fully saturated rings. The number of amides is 1. The summed E-state index contributed by atoms with van der Waals surface area (Å²) in [6.07, 6.45) is 4.48. The Morgan fingerprint density at radius 3 is 2.27 bits per heavy atom. The van der Waals surface area contributed by atoms with Crippen molar-refractivity contribution in [3.63, 3.8) is 0 Å². The first-order chi connectivity index (χ1) is 12.4. The van der Waals surface area contributed by atoms with Crippen molar-refractivity contribution < 1.29 is 19.4 Å². The minimum absolute atomic E-state index is 0.0825. The molecule has 5 heteroatoms. The second kappa shape index (κ2) is 5.52. The fourth-order valence-corrected chi connectivity index (χ4v) is 6.70. The fourth-order valence-electron chi connectivity index (χ4n) is 6.70. The van der Waals surface area contributed by atoms with Crippen molar-refractivity contribution in [2.45, 2.75) is 55.6 Å². The van der Waals surface area contributed by atoms with Gasteiger partial charge in [0.1, 0.15) is 5.82 Å². The maximum Gasteiger partial charge on any atom is 0.223 e. The first kappa shape index (κ1) is 16.7. The molecule has 140 valence electrons. The Balaban J connectivity index is 1.53. The number of halogens is 1. The average molecular weight is 359 g/mol. The molecular formula is C21H26FNO3. The average Bonchev–Trinajstić information content (AvgIpc) is 2.54. The van der Waals surface area contributed by atoms with Gasteiger partial charge in [-0.25, -0.2) is 4.39 Å². The van der Waals surface area contributed by atoms with Gasteiger partial charge in [-0.05, 0) is 67.6 Å². The van der Waals surface area contributed by atoms with Crippen LogP contribution in [0.1, 0.15) is 44.1 Å². The normalized spacial score (nSPS) is 41.3. The lowest BCUT2D eigenvalue weighted by molar-refractivity contribution is -0.174. The molecular weight excluding hydrogens is 333 g/mol. The molecule has 1 amide bonds. The summed E-state index contributed by atoms with van der Waals surface area (Å²) in [6.45, 7) is 0.834. The van der Waals surface area contributed by atoms with Crippen LogP contribution < -0.4 is 0 Å². The predicted molar refractivity (Wildman–Crippen MR) is 93.8 cm³/mol. The van der Waals surface area contributed by atoms with Crippen LogP contribution in [-0.2, 0) is 10.2 Å². The summed E-state index contributed by atoms with van der Waals surface area (Å²) < 4.78 is 13.6. The van der Waals surface area contributed by atoms with Crippen molar-refractivity contribution in [2.75, 3.05) is 13.1 Å². The lowest BCUT2D eigenvalue weighted by atomic mass is 9.41. The maximum absolute atomic E-state index is 13.6. The number of benzene rings is 1. The van der Waals surface area contributed by atoms with Crippen molar-refractivity contribution in [1.82, 2.24) is 4.90 Å². The monoisotopic (exact) mass is 359 g/mol. The number of nitrogens with zero attached hydrogens (tertiary/aromatic N) is 1. The van der Waals surface area contributed by atoms with E-state index in [2.05, 4.69) is 0 Å². The molecule has 4 aliphatic carbocycles. The largest absolute Gasteiger partial charge is 0.390 e. The third-order valence-electron chi connectivity index (χ3n) is 7.65. The van der Waals surface area contributed by atoms with Crippen molar-refractivity contribution in [3.8, 4) is 0 Å². The maximum atomic E-state index is 13.6. The Hall–Kier alpha value is -1.46. The van der Waals surface area contributed by atoms with E-state index in [9.17, 15) is 19.4 Å². The lowest BCUT2D eigenvalue weighted by Gasteiger charge is -2.64. The van der Waals surface area contributed by atoms with Gasteiger partial charge in [-0.15, -0.1) is 0 Å². The summed E-state index contributed by atoms with van der Waals surface area (Å²) >= 11 is 0. The van der Waals surface area contributed by atoms with Crippen molar-refractivity contribution in [3.05, 3.63) is 35.6 Å². The third-order valence-corrected chi connectivity index (χ3v) is 7.65. The minimum atomic E-state index is -0.573. The van der Waals surface area contributed by atoms with E-state index in [4.69, 9.17) is 0 Å². The van der Waals surface area contributed by atoms with Gasteiger partial charge in [0, 0.05) is 24.9 Å². The van der Waals surface area contributed by atoms with Gasteiger partial charge in [-0.1, -0.05) is 12.1 Å². The molecule has 2 N–H and O–H groups in total. The van der Waals surface area contributed by atoms with Crippen molar-refractivity contribution >= 4 is 5.91 Å². The molecule has 6 rings (SSSR count). The van der Waals surface area contributed by atoms with Gasteiger partial charge in [-0.3, -0.25) is 4.79 Å².